The monoisotopic (exact) mass is 263 g/mol. The van der Waals surface area contributed by atoms with Crippen molar-refractivity contribution >= 4 is 5.97 Å². The molecule has 2 rings (SSSR count). The van der Waals surface area contributed by atoms with Crippen molar-refractivity contribution in [3.05, 3.63) is 35.4 Å². The third-order valence-electron chi connectivity index (χ3n) is 3.71. The van der Waals surface area contributed by atoms with Crippen molar-refractivity contribution in [1.29, 1.82) is 0 Å². The number of carboxylic acids is 1. The van der Waals surface area contributed by atoms with Crippen LogP contribution in [-0.2, 0) is 9.53 Å². The Kier molecular flexibility index (Phi) is 4.56. The molecule has 0 amide bonds. The second-order valence-corrected chi connectivity index (χ2v) is 5.15. The molecule has 1 fully saturated rings. The summed E-state index contributed by atoms with van der Waals surface area (Å²) in [6.45, 7) is 6.17. The zero-order chi connectivity index (χ0) is 13.8. The summed E-state index contributed by atoms with van der Waals surface area (Å²) in [6.07, 6.45) is 0.135. The second-order valence-electron chi connectivity index (χ2n) is 5.15. The third kappa shape index (κ3) is 3.55. The first-order valence-electron chi connectivity index (χ1n) is 6.70. The molecule has 1 aromatic rings. The quantitative estimate of drug-likeness (QED) is 0.905. The molecule has 4 heteroatoms. The lowest BCUT2D eigenvalue weighted by Crippen LogP contribution is -2.47. The van der Waals surface area contributed by atoms with Gasteiger partial charge in [0.25, 0.3) is 0 Å². The van der Waals surface area contributed by atoms with Crippen molar-refractivity contribution in [2.75, 3.05) is 19.8 Å². The molecule has 1 aliphatic rings. The van der Waals surface area contributed by atoms with Crippen LogP contribution in [0.15, 0.2) is 24.3 Å². The Balaban J connectivity index is 2.14. The number of aryl methyl sites for hydroxylation is 1. The Hall–Kier alpha value is -1.39. The highest BCUT2D eigenvalue weighted by molar-refractivity contribution is 5.67. The van der Waals surface area contributed by atoms with Crippen molar-refractivity contribution < 1.29 is 14.6 Å². The zero-order valence-electron chi connectivity index (χ0n) is 11.5. The van der Waals surface area contributed by atoms with Gasteiger partial charge in [0.1, 0.15) is 0 Å². The number of carboxylic acid groups (broad SMARTS) is 1. The Labute approximate surface area is 114 Å². The zero-order valence-corrected chi connectivity index (χ0v) is 11.5. The van der Waals surface area contributed by atoms with Gasteiger partial charge in [-0.2, -0.15) is 0 Å². The van der Waals surface area contributed by atoms with Crippen LogP contribution in [0.3, 0.4) is 0 Å². The van der Waals surface area contributed by atoms with E-state index in [0.29, 0.717) is 13.2 Å². The summed E-state index contributed by atoms with van der Waals surface area (Å²) in [4.78, 5) is 13.2. The average Bonchev–Trinajstić information content (AvgIpc) is 2.38. The van der Waals surface area contributed by atoms with Gasteiger partial charge >= 0.3 is 5.97 Å². The minimum Gasteiger partial charge on any atom is -0.481 e. The normalized spacial score (nSPS) is 22.1. The van der Waals surface area contributed by atoms with Crippen LogP contribution < -0.4 is 0 Å². The molecule has 2 atom stereocenters. The predicted molar refractivity (Wildman–Crippen MR) is 73.2 cm³/mol. The fourth-order valence-electron chi connectivity index (χ4n) is 2.68. The molecule has 2 unspecified atom stereocenters. The lowest BCUT2D eigenvalue weighted by atomic mass is 10.0. The summed E-state index contributed by atoms with van der Waals surface area (Å²) in [5.41, 5.74) is 2.46. The molecule has 0 aliphatic carbocycles. The molecule has 104 valence electrons. The number of benzene rings is 1. The fraction of sp³-hybridized carbons (Fsp3) is 0.533. The molecule has 0 aromatic heterocycles. The molecule has 4 nitrogen and oxygen atoms in total. The molecule has 19 heavy (non-hydrogen) atoms. The van der Waals surface area contributed by atoms with Crippen LogP contribution in [0.4, 0.5) is 0 Å². The smallest absolute Gasteiger partial charge is 0.305 e. The van der Waals surface area contributed by atoms with E-state index in [-0.39, 0.29) is 18.5 Å². The molecule has 1 heterocycles. The molecule has 1 saturated heterocycles. The van der Waals surface area contributed by atoms with Crippen LogP contribution in [-0.4, -0.2) is 41.8 Å². The summed E-state index contributed by atoms with van der Waals surface area (Å²) in [5.74, 6) is -0.767. The van der Waals surface area contributed by atoms with Gasteiger partial charge in [0.05, 0.1) is 19.6 Å². The lowest BCUT2D eigenvalue weighted by molar-refractivity contribution is -0.140. The number of rotatable bonds is 4. The molecule has 0 spiro atoms. The van der Waals surface area contributed by atoms with Crippen molar-refractivity contribution in [3.63, 3.8) is 0 Å². The summed E-state index contributed by atoms with van der Waals surface area (Å²) < 4.78 is 5.42. The van der Waals surface area contributed by atoms with Gasteiger partial charge in [-0.15, -0.1) is 0 Å². The van der Waals surface area contributed by atoms with E-state index in [1.54, 1.807) is 0 Å². The number of morpholine rings is 1. The molecule has 1 aromatic carbocycles. The van der Waals surface area contributed by atoms with Crippen LogP contribution in [0, 0.1) is 6.92 Å². The molecular weight excluding hydrogens is 242 g/mol. The SMILES string of the molecule is Cc1cccc(C(C)N2CCOCC2CC(=O)O)c1. The minimum absolute atomic E-state index is 0.0400. The third-order valence-corrected chi connectivity index (χ3v) is 3.71. The van der Waals surface area contributed by atoms with Gasteiger partial charge in [0.15, 0.2) is 0 Å². The van der Waals surface area contributed by atoms with Crippen LogP contribution in [0.1, 0.15) is 30.5 Å². The van der Waals surface area contributed by atoms with Gasteiger partial charge in [-0.05, 0) is 19.4 Å². The highest BCUT2D eigenvalue weighted by Gasteiger charge is 2.29. The number of nitrogens with zero attached hydrogens (tertiary/aromatic N) is 1. The van der Waals surface area contributed by atoms with Crippen molar-refractivity contribution in [2.45, 2.75) is 32.4 Å². The fourth-order valence-corrected chi connectivity index (χ4v) is 2.68. The average molecular weight is 263 g/mol. The first-order valence-corrected chi connectivity index (χ1v) is 6.70. The highest BCUT2D eigenvalue weighted by atomic mass is 16.5. The van der Waals surface area contributed by atoms with E-state index in [9.17, 15) is 4.79 Å². The molecule has 0 radical (unpaired) electrons. The maximum atomic E-state index is 10.9. The summed E-state index contributed by atoms with van der Waals surface area (Å²) in [5, 5.41) is 9.00. The number of aliphatic carboxylic acids is 1. The van der Waals surface area contributed by atoms with E-state index in [4.69, 9.17) is 9.84 Å². The Morgan fingerprint density at radius 2 is 2.37 bits per heavy atom. The number of carbonyl (C=O) groups is 1. The molecule has 0 saturated carbocycles. The van der Waals surface area contributed by atoms with E-state index >= 15 is 0 Å². The van der Waals surface area contributed by atoms with Gasteiger partial charge in [-0.25, -0.2) is 0 Å². The molecule has 1 N–H and O–H groups in total. The van der Waals surface area contributed by atoms with Gasteiger partial charge in [-0.3, -0.25) is 9.69 Å². The number of ether oxygens (including phenoxy) is 1. The lowest BCUT2D eigenvalue weighted by Gasteiger charge is -2.39. The number of hydrogen-bond acceptors (Lipinski definition) is 3. The van der Waals surface area contributed by atoms with E-state index in [1.165, 1.54) is 11.1 Å². The highest BCUT2D eigenvalue weighted by Crippen LogP contribution is 2.26. The van der Waals surface area contributed by atoms with E-state index in [0.717, 1.165) is 6.54 Å². The Morgan fingerprint density at radius 1 is 1.58 bits per heavy atom. The van der Waals surface area contributed by atoms with E-state index < -0.39 is 5.97 Å². The van der Waals surface area contributed by atoms with Crippen LogP contribution in [0.25, 0.3) is 0 Å². The standard InChI is InChI=1S/C15H21NO3/c1-11-4-3-5-13(8-11)12(2)16-6-7-19-10-14(16)9-15(17)18/h3-5,8,12,14H,6-7,9-10H2,1-2H3,(H,17,18). The topological polar surface area (TPSA) is 49.8 Å². The predicted octanol–water partition coefficient (Wildman–Crippen LogP) is 2.23. The van der Waals surface area contributed by atoms with E-state index in [1.807, 2.05) is 6.07 Å². The van der Waals surface area contributed by atoms with Gasteiger partial charge in [-0.1, -0.05) is 29.8 Å². The molecular formula is C15H21NO3. The first kappa shape index (κ1) is 14.0. The summed E-state index contributed by atoms with van der Waals surface area (Å²) in [6, 6.07) is 8.57. The summed E-state index contributed by atoms with van der Waals surface area (Å²) in [7, 11) is 0. The largest absolute Gasteiger partial charge is 0.481 e. The van der Waals surface area contributed by atoms with Gasteiger partial charge in [0, 0.05) is 18.6 Å². The van der Waals surface area contributed by atoms with Crippen molar-refractivity contribution in [1.82, 2.24) is 4.90 Å². The van der Waals surface area contributed by atoms with Crippen LogP contribution in [0.2, 0.25) is 0 Å². The summed E-state index contributed by atoms with van der Waals surface area (Å²) >= 11 is 0. The molecule has 1 aliphatic heterocycles. The maximum Gasteiger partial charge on any atom is 0.305 e. The first-order chi connectivity index (χ1) is 9.08. The Morgan fingerprint density at radius 3 is 3.05 bits per heavy atom. The minimum atomic E-state index is -0.767. The maximum absolute atomic E-state index is 10.9. The van der Waals surface area contributed by atoms with Crippen LogP contribution >= 0.6 is 0 Å². The Bertz CT molecular complexity index is 447. The van der Waals surface area contributed by atoms with E-state index in [2.05, 4.69) is 36.9 Å². The van der Waals surface area contributed by atoms with Gasteiger partial charge in [0.2, 0.25) is 0 Å². The number of hydrogen-bond donors (Lipinski definition) is 1. The van der Waals surface area contributed by atoms with Crippen molar-refractivity contribution in [3.8, 4) is 0 Å². The second kappa shape index (κ2) is 6.17. The van der Waals surface area contributed by atoms with Crippen molar-refractivity contribution in [2.24, 2.45) is 0 Å². The molecule has 0 bridgehead atoms. The van der Waals surface area contributed by atoms with Crippen LogP contribution in [0.5, 0.6) is 0 Å². The van der Waals surface area contributed by atoms with Gasteiger partial charge < -0.3 is 9.84 Å².